The van der Waals surface area contributed by atoms with Crippen LogP contribution in [0.15, 0.2) is 24.3 Å². The van der Waals surface area contributed by atoms with Crippen LogP contribution in [0.3, 0.4) is 0 Å². The van der Waals surface area contributed by atoms with Crippen LogP contribution in [0.25, 0.3) is 0 Å². The minimum Gasteiger partial charge on any atom is -0.399 e. The van der Waals surface area contributed by atoms with E-state index in [0.717, 1.165) is 43.4 Å². The molecule has 1 aromatic carbocycles. The lowest BCUT2D eigenvalue weighted by atomic mass is 9.94. The van der Waals surface area contributed by atoms with Crippen LogP contribution in [-0.2, 0) is 10.2 Å². The molecule has 3 heteroatoms. The molecule has 1 fully saturated rings. The molecule has 0 radical (unpaired) electrons. The summed E-state index contributed by atoms with van der Waals surface area (Å²) in [5.74, 6) is 2.74. The predicted octanol–water partition coefficient (Wildman–Crippen LogP) is 2.22. The Morgan fingerprint density at radius 1 is 1.32 bits per heavy atom. The second-order valence-corrected chi connectivity index (χ2v) is 5.12. The van der Waals surface area contributed by atoms with Crippen LogP contribution in [0.4, 0.5) is 5.69 Å². The number of hydrogen-bond donors (Lipinski definition) is 2. The summed E-state index contributed by atoms with van der Waals surface area (Å²) in [5.41, 5.74) is 7.17. The molecule has 3 N–H and O–H groups in total. The Labute approximate surface area is 114 Å². The van der Waals surface area contributed by atoms with Crippen LogP contribution in [0.2, 0.25) is 0 Å². The van der Waals surface area contributed by atoms with E-state index < -0.39 is 0 Å². The van der Waals surface area contributed by atoms with Gasteiger partial charge in [0.1, 0.15) is 0 Å². The Kier molecular flexibility index (Phi) is 4.11. The van der Waals surface area contributed by atoms with E-state index in [1.807, 2.05) is 24.3 Å². The number of terminal acetylenes is 1. The molecule has 1 aliphatic rings. The molecule has 0 heterocycles. The fourth-order valence-electron chi connectivity index (χ4n) is 2.30. The van der Waals surface area contributed by atoms with Crippen molar-refractivity contribution in [3.8, 4) is 12.3 Å². The summed E-state index contributed by atoms with van der Waals surface area (Å²) in [6.07, 6.45) is 9.72. The molecule has 1 aliphatic carbocycles. The molecule has 100 valence electrons. The molecule has 0 aliphatic heterocycles. The zero-order chi connectivity index (χ0) is 13.7. The van der Waals surface area contributed by atoms with Crippen LogP contribution in [0.5, 0.6) is 0 Å². The summed E-state index contributed by atoms with van der Waals surface area (Å²) >= 11 is 0. The first-order chi connectivity index (χ1) is 9.19. The third kappa shape index (κ3) is 3.08. The van der Waals surface area contributed by atoms with E-state index in [1.165, 1.54) is 0 Å². The maximum Gasteiger partial charge on any atom is 0.230 e. The van der Waals surface area contributed by atoms with Gasteiger partial charge < -0.3 is 11.1 Å². The highest BCUT2D eigenvalue weighted by Gasteiger charge is 2.50. The zero-order valence-corrected chi connectivity index (χ0v) is 11.1. The zero-order valence-electron chi connectivity index (χ0n) is 11.1. The largest absolute Gasteiger partial charge is 0.399 e. The lowest BCUT2D eigenvalue weighted by Gasteiger charge is -2.15. The Balaban J connectivity index is 1.88. The summed E-state index contributed by atoms with van der Waals surface area (Å²) in [5, 5.41) is 3.02. The maximum atomic E-state index is 12.3. The number of nitrogen functional groups attached to an aromatic ring is 1. The third-order valence-electron chi connectivity index (χ3n) is 3.68. The van der Waals surface area contributed by atoms with Crippen LogP contribution in [0.1, 0.15) is 37.7 Å². The number of rotatable bonds is 6. The molecule has 3 nitrogen and oxygen atoms in total. The summed E-state index contributed by atoms with van der Waals surface area (Å²) in [6.45, 7) is 0.706. The number of carbonyl (C=O) groups is 1. The van der Waals surface area contributed by atoms with Gasteiger partial charge in [0.15, 0.2) is 0 Å². The number of anilines is 1. The van der Waals surface area contributed by atoms with Gasteiger partial charge in [-0.15, -0.1) is 12.3 Å². The number of nitrogens with two attached hydrogens (primary N) is 1. The molecule has 0 spiro atoms. The average molecular weight is 256 g/mol. The normalized spacial score (nSPS) is 15.5. The van der Waals surface area contributed by atoms with Crippen molar-refractivity contribution >= 4 is 11.6 Å². The average Bonchev–Trinajstić information content (AvgIpc) is 3.21. The number of carbonyl (C=O) groups excluding carboxylic acids is 1. The molecule has 1 aromatic rings. The quantitative estimate of drug-likeness (QED) is 0.466. The van der Waals surface area contributed by atoms with E-state index in [9.17, 15) is 4.79 Å². The molecule has 0 atom stereocenters. The van der Waals surface area contributed by atoms with Gasteiger partial charge in [0.25, 0.3) is 0 Å². The fourth-order valence-corrected chi connectivity index (χ4v) is 2.30. The molecular formula is C16H20N2O. The molecule has 1 amide bonds. The van der Waals surface area contributed by atoms with Crippen molar-refractivity contribution in [1.82, 2.24) is 5.32 Å². The lowest BCUT2D eigenvalue weighted by molar-refractivity contribution is -0.123. The highest BCUT2D eigenvalue weighted by atomic mass is 16.2. The van der Waals surface area contributed by atoms with E-state index in [1.54, 1.807) is 0 Å². The Bertz CT molecular complexity index is 480. The van der Waals surface area contributed by atoms with E-state index in [0.29, 0.717) is 6.54 Å². The molecule has 1 saturated carbocycles. The Hall–Kier alpha value is -1.95. The van der Waals surface area contributed by atoms with Crippen molar-refractivity contribution in [2.24, 2.45) is 0 Å². The van der Waals surface area contributed by atoms with Crippen LogP contribution >= 0.6 is 0 Å². The summed E-state index contributed by atoms with van der Waals surface area (Å²) in [7, 11) is 0. The van der Waals surface area contributed by atoms with Gasteiger partial charge in [-0.25, -0.2) is 0 Å². The number of benzene rings is 1. The van der Waals surface area contributed by atoms with Gasteiger partial charge in [0.2, 0.25) is 5.91 Å². The summed E-state index contributed by atoms with van der Waals surface area (Å²) < 4.78 is 0. The van der Waals surface area contributed by atoms with Gasteiger partial charge in [-0.3, -0.25) is 4.79 Å². The number of amides is 1. The van der Waals surface area contributed by atoms with Crippen LogP contribution in [-0.4, -0.2) is 12.5 Å². The smallest absolute Gasteiger partial charge is 0.230 e. The predicted molar refractivity (Wildman–Crippen MR) is 77.5 cm³/mol. The van der Waals surface area contributed by atoms with Gasteiger partial charge in [0, 0.05) is 18.7 Å². The SMILES string of the molecule is C#CCCCCNC(=O)C1(c2ccc(N)cc2)CC1. The van der Waals surface area contributed by atoms with Gasteiger partial charge in [0.05, 0.1) is 5.41 Å². The van der Waals surface area contributed by atoms with E-state index in [2.05, 4.69) is 11.2 Å². The van der Waals surface area contributed by atoms with Gasteiger partial charge in [-0.1, -0.05) is 12.1 Å². The van der Waals surface area contributed by atoms with Crippen LogP contribution < -0.4 is 11.1 Å². The monoisotopic (exact) mass is 256 g/mol. The minimum atomic E-state index is -0.306. The van der Waals surface area contributed by atoms with Crippen LogP contribution in [0, 0.1) is 12.3 Å². The molecule has 0 unspecified atom stereocenters. The Morgan fingerprint density at radius 3 is 2.58 bits per heavy atom. The van der Waals surface area contributed by atoms with Crippen molar-refractivity contribution in [2.75, 3.05) is 12.3 Å². The molecule has 0 aromatic heterocycles. The summed E-state index contributed by atoms with van der Waals surface area (Å²) in [6, 6.07) is 7.63. The molecule has 19 heavy (non-hydrogen) atoms. The minimum absolute atomic E-state index is 0.137. The third-order valence-corrected chi connectivity index (χ3v) is 3.68. The maximum absolute atomic E-state index is 12.3. The first kappa shape index (κ1) is 13.5. The molecular weight excluding hydrogens is 236 g/mol. The number of unbranched alkanes of at least 4 members (excludes halogenated alkanes) is 2. The van der Waals surface area contributed by atoms with E-state index in [4.69, 9.17) is 12.2 Å². The van der Waals surface area contributed by atoms with Gasteiger partial charge in [-0.05, 0) is 43.4 Å². The molecule has 0 bridgehead atoms. The second-order valence-electron chi connectivity index (χ2n) is 5.12. The highest BCUT2D eigenvalue weighted by Crippen LogP contribution is 2.48. The van der Waals surface area contributed by atoms with Crippen molar-refractivity contribution in [2.45, 2.75) is 37.5 Å². The molecule has 0 saturated heterocycles. The van der Waals surface area contributed by atoms with Gasteiger partial charge in [-0.2, -0.15) is 0 Å². The van der Waals surface area contributed by atoms with Crippen molar-refractivity contribution in [3.05, 3.63) is 29.8 Å². The second kappa shape index (κ2) is 5.79. The van der Waals surface area contributed by atoms with Crippen molar-refractivity contribution < 1.29 is 4.79 Å². The standard InChI is InChI=1S/C16H20N2O/c1-2-3-4-5-12-18-15(19)16(10-11-16)13-6-8-14(17)9-7-13/h1,6-9H,3-5,10-12,17H2,(H,18,19). The van der Waals surface area contributed by atoms with Crippen molar-refractivity contribution in [3.63, 3.8) is 0 Å². The number of nitrogens with one attached hydrogen (secondary N) is 1. The Morgan fingerprint density at radius 2 is 2.00 bits per heavy atom. The fraction of sp³-hybridized carbons (Fsp3) is 0.438. The first-order valence-electron chi connectivity index (χ1n) is 6.77. The lowest BCUT2D eigenvalue weighted by Crippen LogP contribution is -2.35. The van der Waals surface area contributed by atoms with Crippen molar-refractivity contribution in [1.29, 1.82) is 0 Å². The highest BCUT2D eigenvalue weighted by molar-refractivity contribution is 5.91. The first-order valence-corrected chi connectivity index (χ1v) is 6.77. The molecule has 2 rings (SSSR count). The summed E-state index contributed by atoms with van der Waals surface area (Å²) in [4.78, 5) is 12.3. The van der Waals surface area contributed by atoms with E-state index >= 15 is 0 Å². The van der Waals surface area contributed by atoms with Gasteiger partial charge >= 0.3 is 0 Å². The topological polar surface area (TPSA) is 55.1 Å². The number of hydrogen-bond acceptors (Lipinski definition) is 2. The van der Waals surface area contributed by atoms with E-state index in [-0.39, 0.29) is 11.3 Å².